The van der Waals surface area contributed by atoms with E-state index in [1.807, 2.05) is 5.10 Å². The number of halogens is 3. The second-order valence-electron chi connectivity index (χ2n) is 3.66. The van der Waals surface area contributed by atoms with Crippen LogP contribution < -0.4 is 5.32 Å². The van der Waals surface area contributed by atoms with Gasteiger partial charge < -0.3 is 10.1 Å². The highest BCUT2D eigenvalue weighted by molar-refractivity contribution is 5.89. The van der Waals surface area contributed by atoms with Crippen molar-refractivity contribution in [2.75, 3.05) is 19.0 Å². The van der Waals surface area contributed by atoms with Crippen LogP contribution in [0.2, 0.25) is 0 Å². The molecule has 0 unspecified atom stereocenters. The first-order valence-corrected chi connectivity index (χ1v) is 5.35. The lowest BCUT2D eigenvalue weighted by molar-refractivity contribution is -0.141. The van der Waals surface area contributed by atoms with Crippen molar-refractivity contribution in [3.05, 3.63) is 11.8 Å². The number of hydrogen-bond donors (Lipinski definition) is 2. The molecule has 0 aromatic carbocycles. The molecule has 0 aliphatic carbocycles. The molecule has 0 aliphatic rings. The van der Waals surface area contributed by atoms with Crippen LogP contribution in [0.15, 0.2) is 6.07 Å². The van der Waals surface area contributed by atoms with E-state index in [2.05, 4.69) is 10.4 Å². The molecule has 1 amide bonds. The van der Waals surface area contributed by atoms with Gasteiger partial charge in [0, 0.05) is 26.2 Å². The summed E-state index contributed by atoms with van der Waals surface area (Å²) < 4.78 is 41.5. The Morgan fingerprint density at radius 3 is 2.78 bits per heavy atom. The predicted molar refractivity (Wildman–Crippen MR) is 57.9 cm³/mol. The van der Waals surface area contributed by atoms with Crippen molar-refractivity contribution >= 4 is 11.7 Å². The van der Waals surface area contributed by atoms with Crippen LogP contribution in [0, 0.1) is 0 Å². The van der Waals surface area contributed by atoms with Crippen LogP contribution in [0.5, 0.6) is 0 Å². The maximum absolute atomic E-state index is 12.2. The van der Waals surface area contributed by atoms with Gasteiger partial charge in [0.25, 0.3) is 0 Å². The van der Waals surface area contributed by atoms with Gasteiger partial charge in [0.05, 0.1) is 0 Å². The summed E-state index contributed by atoms with van der Waals surface area (Å²) in [4.78, 5) is 11.3. The summed E-state index contributed by atoms with van der Waals surface area (Å²) in [5.41, 5.74) is -0.989. The highest BCUT2D eigenvalue weighted by atomic mass is 19.4. The zero-order chi connectivity index (χ0) is 13.6. The minimum atomic E-state index is -4.49. The van der Waals surface area contributed by atoms with Crippen LogP contribution in [-0.2, 0) is 15.7 Å². The summed E-state index contributed by atoms with van der Waals surface area (Å²) >= 11 is 0. The van der Waals surface area contributed by atoms with E-state index in [1.165, 1.54) is 0 Å². The number of alkyl halides is 3. The van der Waals surface area contributed by atoms with Gasteiger partial charge in [-0.05, 0) is 12.8 Å². The summed E-state index contributed by atoms with van der Waals surface area (Å²) in [6.45, 7) is 0.550. The van der Waals surface area contributed by atoms with Gasteiger partial charge in [0.2, 0.25) is 5.91 Å². The maximum atomic E-state index is 12.2. The van der Waals surface area contributed by atoms with Crippen molar-refractivity contribution in [2.24, 2.45) is 0 Å². The molecule has 102 valence electrons. The van der Waals surface area contributed by atoms with E-state index < -0.39 is 11.9 Å². The van der Waals surface area contributed by atoms with Gasteiger partial charge in [-0.15, -0.1) is 0 Å². The Hall–Kier alpha value is -1.57. The number of aromatic amines is 1. The molecule has 8 heteroatoms. The molecule has 1 heterocycles. The number of aromatic nitrogens is 2. The fraction of sp³-hybridized carbons (Fsp3) is 0.600. The van der Waals surface area contributed by atoms with E-state index in [1.54, 1.807) is 7.11 Å². The Labute approximate surface area is 102 Å². The van der Waals surface area contributed by atoms with Crippen molar-refractivity contribution in [1.29, 1.82) is 0 Å². The van der Waals surface area contributed by atoms with Crippen LogP contribution in [0.25, 0.3) is 0 Å². The zero-order valence-electron chi connectivity index (χ0n) is 9.80. The van der Waals surface area contributed by atoms with Crippen molar-refractivity contribution < 1.29 is 22.7 Å². The number of anilines is 1. The standard InChI is InChI=1S/C10H14F3N3O2/c1-18-5-3-2-4-9(17)14-8-6-7(15-16-8)10(11,12)13/h6H,2-5H2,1H3,(H2,14,15,16,17). The van der Waals surface area contributed by atoms with Gasteiger partial charge in [-0.2, -0.15) is 18.3 Å². The lowest BCUT2D eigenvalue weighted by atomic mass is 10.2. The molecule has 5 nitrogen and oxygen atoms in total. The number of carbonyl (C=O) groups is 1. The minimum Gasteiger partial charge on any atom is -0.385 e. The summed E-state index contributed by atoms with van der Waals surface area (Å²) in [6.07, 6.45) is -2.94. The van der Waals surface area contributed by atoms with Crippen LogP contribution in [-0.4, -0.2) is 29.8 Å². The first kappa shape index (κ1) is 14.5. The quantitative estimate of drug-likeness (QED) is 0.775. The Kier molecular flexibility index (Phi) is 5.14. The smallest absolute Gasteiger partial charge is 0.385 e. The third-order valence-electron chi connectivity index (χ3n) is 2.15. The first-order chi connectivity index (χ1) is 8.43. The molecule has 0 saturated heterocycles. The van der Waals surface area contributed by atoms with E-state index >= 15 is 0 Å². The van der Waals surface area contributed by atoms with Crippen molar-refractivity contribution in [3.63, 3.8) is 0 Å². The second-order valence-corrected chi connectivity index (χ2v) is 3.66. The number of unbranched alkanes of at least 4 members (excludes halogenated alkanes) is 1. The van der Waals surface area contributed by atoms with E-state index in [9.17, 15) is 18.0 Å². The van der Waals surface area contributed by atoms with Crippen LogP contribution in [0.1, 0.15) is 25.0 Å². The Bertz CT molecular complexity index is 390. The number of ether oxygens (including phenoxy) is 1. The number of amides is 1. The van der Waals surface area contributed by atoms with Gasteiger partial charge >= 0.3 is 6.18 Å². The second kappa shape index (κ2) is 6.39. The summed E-state index contributed by atoms with van der Waals surface area (Å²) in [7, 11) is 1.56. The van der Waals surface area contributed by atoms with Crippen molar-refractivity contribution in [3.8, 4) is 0 Å². The van der Waals surface area contributed by atoms with Gasteiger partial charge in [-0.1, -0.05) is 0 Å². The Morgan fingerprint density at radius 2 is 2.22 bits per heavy atom. The molecule has 0 spiro atoms. The van der Waals surface area contributed by atoms with Crippen LogP contribution in [0.4, 0.5) is 19.0 Å². The monoisotopic (exact) mass is 265 g/mol. The average Bonchev–Trinajstić information content (AvgIpc) is 2.72. The molecular weight excluding hydrogens is 251 g/mol. The number of rotatable bonds is 6. The van der Waals surface area contributed by atoms with Gasteiger partial charge in [0.15, 0.2) is 5.82 Å². The third kappa shape index (κ3) is 4.74. The molecule has 0 saturated carbocycles. The Morgan fingerprint density at radius 1 is 1.50 bits per heavy atom. The fourth-order valence-corrected chi connectivity index (χ4v) is 1.27. The van der Waals surface area contributed by atoms with Gasteiger partial charge in [-0.3, -0.25) is 9.89 Å². The molecule has 0 bridgehead atoms. The number of nitrogens with zero attached hydrogens (tertiary/aromatic N) is 1. The number of methoxy groups -OCH3 is 1. The third-order valence-corrected chi connectivity index (χ3v) is 2.15. The first-order valence-electron chi connectivity index (χ1n) is 5.35. The molecule has 1 rings (SSSR count). The molecule has 1 aromatic rings. The van der Waals surface area contributed by atoms with Crippen molar-refractivity contribution in [1.82, 2.24) is 10.2 Å². The molecule has 1 aromatic heterocycles. The van der Waals surface area contributed by atoms with E-state index in [-0.39, 0.29) is 18.1 Å². The molecule has 0 atom stereocenters. The lowest BCUT2D eigenvalue weighted by Crippen LogP contribution is -2.11. The summed E-state index contributed by atoms with van der Waals surface area (Å²) in [5.74, 6) is -0.495. The largest absolute Gasteiger partial charge is 0.432 e. The number of H-pyrrole nitrogens is 1. The Balaban J connectivity index is 2.38. The summed E-state index contributed by atoms with van der Waals surface area (Å²) in [6, 6.07) is 0.757. The molecule has 0 radical (unpaired) electrons. The average molecular weight is 265 g/mol. The molecular formula is C10H14F3N3O2. The van der Waals surface area contributed by atoms with E-state index in [0.29, 0.717) is 13.0 Å². The molecule has 0 aliphatic heterocycles. The number of hydrogen-bond acceptors (Lipinski definition) is 3. The topological polar surface area (TPSA) is 67.0 Å². The SMILES string of the molecule is COCCCCC(=O)Nc1cc(C(F)(F)F)[nH]n1. The van der Waals surface area contributed by atoms with E-state index in [4.69, 9.17) is 4.74 Å². The van der Waals surface area contributed by atoms with Gasteiger partial charge in [0.1, 0.15) is 5.69 Å². The predicted octanol–water partition coefficient (Wildman–Crippen LogP) is 2.18. The number of carbonyl (C=O) groups excluding carboxylic acids is 1. The lowest BCUT2D eigenvalue weighted by Gasteiger charge is -2.01. The van der Waals surface area contributed by atoms with Crippen LogP contribution >= 0.6 is 0 Å². The molecule has 2 N–H and O–H groups in total. The normalized spacial score (nSPS) is 11.6. The van der Waals surface area contributed by atoms with E-state index in [0.717, 1.165) is 12.5 Å². The van der Waals surface area contributed by atoms with Gasteiger partial charge in [-0.25, -0.2) is 0 Å². The molecule has 18 heavy (non-hydrogen) atoms. The minimum absolute atomic E-state index is 0.126. The van der Waals surface area contributed by atoms with Crippen LogP contribution in [0.3, 0.4) is 0 Å². The van der Waals surface area contributed by atoms with Crippen molar-refractivity contribution in [2.45, 2.75) is 25.4 Å². The zero-order valence-corrected chi connectivity index (χ0v) is 9.80. The maximum Gasteiger partial charge on any atom is 0.432 e. The summed E-state index contributed by atoms with van der Waals surface area (Å²) in [5, 5.41) is 7.47. The number of nitrogens with one attached hydrogen (secondary N) is 2. The fourth-order valence-electron chi connectivity index (χ4n) is 1.27. The highest BCUT2D eigenvalue weighted by Gasteiger charge is 2.33. The molecule has 0 fully saturated rings. The highest BCUT2D eigenvalue weighted by Crippen LogP contribution is 2.28.